The summed E-state index contributed by atoms with van der Waals surface area (Å²) in [5, 5.41) is 19.0. The molecule has 1 aliphatic rings. The van der Waals surface area contributed by atoms with E-state index in [4.69, 9.17) is 0 Å². The van der Waals surface area contributed by atoms with E-state index in [2.05, 4.69) is 11.1 Å². The Hall–Kier alpha value is -2.72. The van der Waals surface area contributed by atoms with Crippen LogP contribution in [0.5, 0.6) is 0 Å². The molecule has 1 saturated heterocycles. The lowest BCUT2D eigenvalue weighted by atomic mass is 10.1. The van der Waals surface area contributed by atoms with Gasteiger partial charge >= 0.3 is 5.97 Å². The van der Waals surface area contributed by atoms with Crippen LogP contribution >= 0.6 is 11.8 Å². The molecule has 2 aromatic heterocycles. The van der Waals surface area contributed by atoms with E-state index in [0.717, 1.165) is 22.4 Å². The van der Waals surface area contributed by atoms with Gasteiger partial charge in [-0.3, -0.25) is 4.40 Å². The quantitative estimate of drug-likeness (QED) is 0.773. The zero-order valence-electron chi connectivity index (χ0n) is 12.9. The number of hydrogen-bond donors (Lipinski definition) is 1. The maximum Gasteiger partial charge on any atom is 0.327 e. The number of rotatable bonds is 2. The van der Waals surface area contributed by atoms with Crippen molar-refractivity contribution in [2.75, 3.05) is 16.5 Å². The second-order valence-corrected chi connectivity index (χ2v) is 6.76. The number of nitriles is 1. The normalized spacial score (nSPS) is 17.5. The van der Waals surface area contributed by atoms with Gasteiger partial charge in [-0.1, -0.05) is 12.1 Å². The van der Waals surface area contributed by atoms with Crippen LogP contribution in [-0.2, 0) is 4.79 Å². The van der Waals surface area contributed by atoms with Gasteiger partial charge < -0.3 is 10.0 Å². The van der Waals surface area contributed by atoms with Crippen molar-refractivity contribution >= 4 is 40.2 Å². The molecule has 0 amide bonds. The van der Waals surface area contributed by atoms with E-state index in [1.807, 2.05) is 46.6 Å². The number of para-hydroxylation sites is 2. The Labute approximate surface area is 142 Å². The van der Waals surface area contributed by atoms with Gasteiger partial charge in [0.2, 0.25) is 0 Å². The van der Waals surface area contributed by atoms with Crippen LogP contribution in [0.3, 0.4) is 0 Å². The van der Waals surface area contributed by atoms with Gasteiger partial charge in [0.25, 0.3) is 0 Å². The van der Waals surface area contributed by atoms with Gasteiger partial charge in [-0.2, -0.15) is 5.26 Å². The molecule has 0 radical (unpaired) electrons. The fraction of sp³-hybridized carbons (Fsp3) is 0.235. The van der Waals surface area contributed by atoms with Gasteiger partial charge in [-0.05, 0) is 30.7 Å². The summed E-state index contributed by atoms with van der Waals surface area (Å²) in [5.41, 5.74) is 3.57. The van der Waals surface area contributed by atoms with Gasteiger partial charge in [0.15, 0.2) is 5.65 Å². The van der Waals surface area contributed by atoms with E-state index < -0.39 is 12.0 Å². The van der Waals surface area contributed by atoms with Crippen LogP contribution in [0.1, 0.15) is 11.1 Å². The molecule has 1 N–H and O–H groups in total. The Morgan fingerprint density at radius 1 is 1.46 bits per heavy atom. The van der Waals surface area contributed by atoms with Gasteiger partial charge in [-0.15, -0.1) is 11.8 Å². The van der Waals surface area contributed by atoms with E-state index in [1.165, 1.54) is 0 Å². The molecule has 1 atom stereocenters. The third-order valence-electron chi connectivity index (χ3n) is 4.33. The Balaban J connectivity index is 2.09. The number of benzene rings is 1. The molecule has 1 unspecified atom stereocenters. The minimum Gasteiger partial charge on any atom is -0.480 e. The lowest BCUT2D eigenvalue weighted by Gasteiger charge is -2.24. The first-order valence-corrected chi connectivity index (χ1v) is 8.65. The van der Waals surface area contributed by atoms with E-state index >= 15 is 0 Å². The van der Waals surface area contributed by atoms with Crippen LogP contribution in [0.4, 0.5) is 5.82 Å². The highest BCUT2D eigenvalue weighted by Gasteiger charge is 2.33. The second kappa shape index (κ2) is 5.42. The van der Waals surface area contributed by atoms with E-state index in [1.54, 1.807) is 11.8 Å². The Bertz CT molecular complexity index is 1020. The summed E-state index contributed by atoms with van der Waals surface area (Å²) >= 11 is 1.59. The minimum absolute atomic E-state index is 0.522. The van der Waals surface area contributed by atoms with Crippen LogP contribution < -0.4 is 4.90 Å². The Kier molecular flexibility index (Phi) is 3.36. The van der Waals surface area contributed by atoms with Crippen LogP contribution in [0.15, 0.2) is 30.3 Å². The summed E-state index contributed by atoms with van der Waals surface area (Å²) in [6.07, 6.45) is 0. The maximum atomic E-state index is 11.6. The van der Waals surface area contributed by atoms with Crippen molar-refractivity contribution in [1.29, 1.82) is 5.26 Å². The lowest BCUT2D eigenvalue weighted by Crippen LogP contribution is -2.38. The standard InChI is InChI=1S/C17H14N4O2S/c1-10-6-15(20-9-24-8-14(20)17(22)23)21-13-5-3-2-4-12(13)19-16(21)11(10)7-18/h2-6,14H,8-9H2,1H3,(H,22,23). The van der Waals surface area contributed by atoms with Crippen molar-refractivity contribution in [3.05, 3.63) is 41.5 Å². The van der Waals surface area contributed by atoms with Crippen LogP contribution in [0, 0.1) is 18.3 Å². The molecule has 120 valence electrons. The molecule has 0 spiro atoms. The van der Waals surface area contributed by atoms with Gasteiger partial charge in [-0.25, -0.2) is 9.78 Å². The average Bonchev–Trinajstić information content (AvgIpc) is 3.19. The number of thioether (sulfide) groups is 1. The first-order valence-electron chi connectivity index (χ1n) is 7.50. The smallest absolute Gasteiger partial charge is 0.327 e. The number of pyridine rings is 1. The first-order chi connectivity index (χ1) is 11.6. The molecule has 1 aliphatic heterocycles. The molecular formula is C17H14N4O2S. The summed E-state index contributed by atoms with van der Waals surface area (Å²) in [4.78, 5) is 18.1. The van der Waals surface area contributed by atoms with Gasteiger partial charge in [0, 0.05) is 5.75 Å². The van der Waals surface area contributed by atoms with E-state index in [-0.39, 0.29) is 0 Å². The summed E-state index contributed by atoms with van der Waals surface area (Å²) in [7, 11) is 0. The molecule has 3 aromatic rings. The zero-order valence-corrected chi connectivity index (χ0v) is 13.7. The molecule has 0 saturated carbocycles. The SMILES string of the molecule is Cc1cc(N2CSCC2C(=O)O)n2c(nc3ccccc32)c1C#N. The topological polar surface area (TPSA) is 81.6 Å². The van der Waals surface area contributed by atoms with Crippen LogP contribution in [0.25, 0.3) is 16.7 Å². The number of aryl methyl sites for hydroxylation is 1. The number of carbonyl (C=O) groups is 1. The van der Waals surface area contributed by atoms with Crippen LogP contribution in [0.2, 0.25) is 0 Å². The number of anilines is 1. The monoisotopic (exact) mass is 338 g/mol. The lowest BCUT2D eigenvalue weighted by molar-refractivity contribution is -0.137. The number of carboxylic acids is 1. The molecule has 3 heterocycles. The number of carboxylic acid groups (broad SMARTS) is 1. The number of hydrogen-bond acceptors (Lipinski definition) is 5. The summed E-state index contributed by atoms with van der Waals surface area (Å²) in [6, 6.07) is 11.2. The largest absolute Gasteiger partial charge is 0.480 e. The predicted molar refractivity (Wildman–Crippen MR) is 93.4 cm³/mol. The molecule has 0 bridgehead atoms. The highest BCUT2D eigenvalue weighted by molar-refractivity contribution is 7.99. The maximum absolute atomic E-state index is 11.6. The number of aliphatic carboxylic acids is 1. The number of imidazole rings is 1. The van der Waals surface area contributed by atoms with Crippen molar-refractivity contribution in [3.63, 3.8) is 0 Å². The molecule has 24 heavy (non-hydrogen) atoms. The third-order valence-corrected chi connectivity index (χ3v) is 5.34. The van der Waals surface area contributed by atoms with Crippen molar-refractivity contribution in [2.45, 2.75) is 13.0 Å². The van der Waals surface area contributed by atoms with E-state index in [0.29, 0.717) is 22.8 Å². The second-order valence-electron chi connectivity index (χ2n) is 5.76. The number of aromatic nitrogens is 2. The molecule has 6 nitrogen and oxygen atoms in total. The minimum atomic E-state index is -0.834. The fourth-order valence-corrected chi connectivity index (χ4v) is 4.31. The van der Waals surface area contributed by atoms with Crippen molar-refractivity contribution in [1.82, 2.24) is 9.38 Å². The number of fused-ring (bicyclic) bond motifs is 3. The highest BCUT2D eigenvalue weighted by atomic mass is 32.2. The van der Waals surface area contributed by atoms with Crippen molar-refractivity contribution in [2.24, 2.45) is 0 Å². The summed E-state index contributed by atoms with van der Waals surface area (Å²) in [5.74, 6) is 1.08. The molecule has 1 fully saturated rings. The van der Waals surface area contributed by atoms with Crippen molar-refractivity contribution < 1.29 is 9.90 Å². The molecular weight excluding hydrogens is 324 g/mol. The van der Waals surface area contributed by atoms with Crippen molar-refractivity contribution in [3.8, 4) is 6.07 Å². The molecule has 0 aliphatic carbocycles. The Morgan fingerprint density at radius 3 is 3.00 bits per heavy atom. The number of nitrogens with zero attached hydrogens (tertiary/aromatic N) is 4. The third kappa shape index (κ3) is 2.03. The fourth-order valence-electron chi connectivity index (χ4n) is 3.15. The molecule has 1 aromatic carbocycles. The zero-order chi connectivity index (χ0) is 16.8. The average molecular weight is 338 g/mol. The van der Waals surface area contributed by atoms with Gasteiger partial charge in [0.05, 0.1) is 22.5 Å². The van der Waals surface area contributed by atoms with Crippen LogP contribution in [-0.4, -0.2) is 38.1 Å². The summed E-state index contributed by atoms with van der Waals surface area (Å²) < 4.78 is 1.91. The van der Waals surface area contributed by atoms with Gasteiger partial charge in [0.1, 0.15) is 17.9 Å². The molecule has 7 heteroatoms. The first kappa shape index (κ1) is 14.8. The molecule has 4 rings (SSSR count). The van der Waals surface area contributed by atoms with E-state index in [9.17, 15) is 15.2 Å². The highest BCUT2D eigenvalue weighted by Crippen LogP contribution is 2.33. The predicted octanol–water partition coefficient (Wildman–Crippen LogP) is 2.63. The summed E-state index contributed by atoms with van der Waals surface area (Å²) in [6.45, 7) is 1.86. The Morgan fingerprint density at radius 2 is 2.25 bits per heavy atom.